The zero-order valence-electron chi connectivity index (χ0n) is 14.0. The van der Waals surface area contributed by atoms with Gasteiger partial charge in [-0.2, -0.15) is 0 Å². The lowest BCUT2D eigenvalue weighted by Gasteiger charge is -2.28. The van der Waals surface area contributed by atoms with Gasteiger partial charge in [-0.05, 0) is 30.2 Å². The van der Waals surface area contributed by atoms with Gasteiger partial charge in [0.2, 0.25) is 6.41 Å². The molecule has 1 fully saturated rings. The fourth-order valence-corrected chi connectivity index (χ4v) is 5.10. The highest BCUT2D eigenvalue weighted by molar-refractivity contribution is 8.05. The van der Waals surface area contributed by atoms with Gasteiger partial charge in [0, 0.05) is 42.0 Å². The maximum absolute atomic E-state index is 11.3. The fraction of sp³-hybridized carbons (Fsp3) is 0.333. The van der Waals surface area contributed by atoms with E-state index in [0.717, 1.165) is 37.4 Å². The Labute approximate surface area is 166 Å². The second kappa shape index (κ2) is 6.78. The van der Waals surface area contributed by atoms with E-state index in [1.807, 2.05) is 23.1 Å². The third-order valence-corrected chi connectivity index (χ3v) is 6.54. The number of benzene rings is 1. The molecule has 1 saturated heterocycles. The van der Waals surface area contributed by atoms with Crippen molar-refractivity contribution in [3.8, 4) is 0 Å². The summed E-state index contributed by atoms with van der Waals surface area (Å²) in [6, 6.07) is 5.93. The minimum absolute atomic E-state index is 0.0749. The highest BCUT2D eigenvalue weighted by Gasteiger charge is 2.48. The number of nitrogens with one attached hydrogen (secondary N) is 2. The second-order valence-electron chi connectivity index (χ2n) is 6.64. The van der Waals surface area contributed by atoms with Crippen molar-refractivity contribution < 1.29 is 4.79 Å². The summed E-state index contributed by atoms with van der Waals surface area (Å²) in [6.45, 7) is 6.05. The lowest BCUT2D eigenvalue weighted by molar-refractivity contribution is -0.117. The average Bonchev–Trinajstić information content (AvgIpc) is 3.32. The molecule has 1 aromatic carbocycles. The van der Waals surface area contributed by atoms with Gasteiger partial charge in [-0.15, -0.1) is 0 Å². The zero-order chi connectivity index (χ0) is 18.3. The van der Waals surface area contributed by atoms with E-state index in [1.165, 1.54) is 17.3 Å². The van der Waals surface area contributed by atoms with Crippen molar-refractivity contribution in [2.75, 3.05) is 24.5 Å². The van der Waals surface area contributed by atoms with Crippen LogP contribution in [0.1, 0.15) is 12.0 Å². The van der Waals surface area contributed by atoms with Crippen LogP contribution in [0, 0.1) is 0 Å². The molecule has 1 spiro atoms. The van der Waals surface area contributed by atoms with Crippen LogP contribution in [0.15, 0.2) is 46.9 Å². The van der Waals surface area contributed by atoms with Crippen molar-refractivity contribution in [2.24, 2.45) is 0 Å². The van der Waals surface area contributed by atoms with Crippen molar-refractivity contribution in [1.29, 1.82) is 0 Å². The van der Waals surface area contributed by atoms with Crippen molar-refractivity contribution in [3.05, 3.63) is 57.5 Å². The van der Waals surface area contributed by atoms with Crippen molar-refractivity contribution >= 4 is 47.1 Å². The number of fused-ring (bicyclic) bond motifs is 2. The van der Waals surface area contributed by atoms with Crippen LogP contribution in [0.5, 0.6) is 0 Å². The quantitative estimate of drug-likeness (QED) is 0.591. The number of hydrogen-bond donors (Lipinski definition) is 2. The molecule has 4 rings (SSSR count). The highest BCUT2D eigenvalue weighted by Crippen LogP contribution is 2.48. The molecule has 0 aromatic heterocycles. The Kier molecular flexibility index (Phi) is 4.61. The third-order valence-electron chi connectivity index (χ3n) is 5.10. The molecule has 1 aromatic rings. The van der Waals surface area contributed by atoms with E-state index in [2.05, 4.69) is 27.8 Å². The Morgan fingerprint density at radius 2 is 2.31 bits per heavy atom. The molecule has 2 N–H and O–H groups in total. The molecule has 0 bridgehead atoms. The number of rotatable bonds is 4. The van der Waals surface area contributed by atoms with E-state index in [4.69, 9.17) is 23.2 Å². The van der Waals surface area contributed by atoms with Crippen molar-refractivity contribution in [3.63, 3.8) is 0 Å². The molecule has 0 aliphatic carbocycles. The van der Waals surface area contributed by atoms with Gasteiger partial charge in [-0.3, -0.25) is 4.79 Å². The summed E-state index contributed by atoms with van der Waals surface area (Å²) < 4.78 is 0.702. The topological polar surface area (TPSA) is 47.6 Å². The maximum Gasteiger partial charge on any atom is 0.209 e. The lowest BCUT2D eigenvalue weighted by Crippen LogP contribution is -2.42. The minimum atomic E-state index is -0.128. The van der Waals surface area contributed by atoms with Crippen LogP contribution in [0.4, 0.5) is 5.69 Å². The Balaban J connectivity index is 1.65. The van der Waals surface area contributed by atoms with Crippen molar-refractivity contribution in [2.45, 2.75) is 17.3 Å². The van der Waals surface area contributed by atoms with Crippen LogP contribution >= 0.6 is 35.0 Å². The summed E-state index contributed by atoms with van der Waals surface area (Å²) in [6.07, 6.45) is 3.60. The Morgan fingerprint density at radius 1 is 1.46 bits per heavy atom. The molecule has 1 amide bonds. The molecule has 5 nitrogen and oxygen atoms in total. The monoisotopic (exact) mass is 408 g/mol. The number of likely N-dealkylation sites (tertiary alicyclic amines) is 1. The number of nitrogens with zero attached hydrogens (tertiary/aromatic N) is 2. The Bertz CT molecular complexity index is 838. The standard InChI is InChI=1S/C18H18Cl2N4OS/c1-2-16(22-17-21-8-15(20)26-17)24-10-18(5-6-23(9-18)11-25)13-7-12(19)3-4-14(13)24/h3-4,7-8,11,17,21-22H,1,5-6,9-10H2/t17?,18-/m1/s1. The van der Waals surface area contributed by atoms with Gasteiger partial charge in [0.25, 0.3) is 0 Å². The number of carbonyl (C=O) groups excluding carboxylic acids is 1. The van der Waals surface area contributed by atoms with E-state index >= 15 is 0 Å². The molecule has 0 saturated carbocycles. The summed E-state index contributed by atoms with van der Waals surface area (Å²) in [4.78, 5) is 15.3. The van der Waals surface area contributed by atoms with E-state index in [0.29, 0.717) is 15.9 Å². The number of anilines is 1. The normalized spacial score (nSPS) is 26.4. The molecule has 3 heterocycles. The first-order chi connectivity index (χ1) is 12.5. The predicted octanol–water partition coefficient (Wildman–Crippen LogP) is 3.13. The molecule has 8 heteroatoms. The minimum Gasteiger partial charge on any atom is -0.361 e. The third kappa shape index (κ3) is 2.97. The van der Waals surface area contributed by atoms with Crippen LogP contribution in [0.25, 0.3) is 0 Å². The molecule has 0 radical (unpaired) electrons. The van der Waals surface area contributed by atoms with Crippen LogP contribution < -0.4 is 15.5 Å². The maximum atomic E-state index is 11.3. The Morgan fingerprint density at radius 3 is 2.96 bits per heavy atom. The van der Waals surface area contributed by atoms with Crippen LogP contribution in [0.3, 0.4) is 0 Å². The summed E-state index contributed by atoms with van der Waals surface area (Å²) >= 11 is 13.8. The predicted molar refractivity (Wildman–Crippen MR) is 107 cm³/mol. The van der Waals surface area contributed by atoms with Gasteiger partial charge in [0.05, 0.1) is 4.36 Å². The zero-order valence-corrected chi connectivity index (χ0v) is 16.3. The average molecular weight is 409 g/mol. The van der Waals surface area contributed by atoms with Gasteiger partial charge in [0.15, 0.2) is 11.3 Å². The SMILES string of the molecule is C=C=C(NC1NC=C(Cl)S1)N1C[C@]2(CCN(C=O)C2)c2cc(Cl)ccc21. The smallest absolute Gasteiger partial charge is 0.209 e. The van der Waals surface area contributed by atoms with E-state index in [9.17, 15) is 4.79 Å². The number of thioether (sulfide) groups is 1. The number of carbonyl (C=O) groups is 1. The summed E-state index contributed by atoms with van der Waals surface area (Å²) in [5.41, 5.74) is 5.06. The molecule has 26 heavy (non-hydrogen) atoms. The van der Waals surface area contributed by atoms with Gasteiger partial charge in [-0.25, -0.2) is 0 Å². The number of amides is 1. The lowest BCUT2D eigenvalue weighted by atomic mass is 9.81. The number of halogens is 2. The van der Waals surface area contributed by atoms with E-state index < -0.39 is 0 Å². The van der Waals surface area contributed by atoms with E-state index in [-0.39, 0.29) is 10.9 Å². The van der Waals surface area contributed by atoms with Gasteiger partial charge in [0.1, 0.15) is 0 Å². The Hall–Kier alpha value is -1.72. The van der Waals surface area contributed by atoms with Gasteiger partial charge in [-0.1, -0.05) is 47.3 Å². The van der Waals surface area contributed by atoms with Crippen LogP contribution in [0.2, 0.25) is 5.02 Å². The van der Waals surface area contributed by atoms with Crippen LogP contribution in [-0.2, 0) is 10.2 Å². The van der Waals surface area contributed by atoms with Crippen molar-refractivity contribution in [1.82, 2.24) is 15.5 Å². The number of hydrogen-bond acceptors (Lipinski definition) is 5. The fourth-order valence-electron chi connectivity index (χ4n) is 3.93. The summed E-state index contributed by atoms with van der Waals surface area (Å²) in [5, 5.41) is 7.27. The first kappa shape index (κ1) is 17.7. The molecule has 1 unspecified atom stereocenters. The summed E-state index contributed by atoms with van der Waals surface area (Å²) in [7, 11) is 0. The van der Waals surface area contributed by atoms with Crippen LogP contribution in [-0.4, -0.2) is 36.4 Å². The molecular weight excluding hydrogens is 391 g/mol. The molecule has 3 aliphatic rings. The highest BCUT2D eigenvalue weighted by atomic mass is 35.5. The molecule has 136 valence electrons. The molecule has 3 aliphatic heterocycles. The van der Waals surface area contributed by atoms with Gasteiger partial charge < -0.3 is 20.4 Å². The molecule has 2 atom stereocenters. The first-order valence-corrected chi connectivity index (χ1v) is 9.90. The van der Waals surface area contributed by atoms with E-state index in [1.54, 1.807) is 6.20 Å². The summed E-state index contributed by atoms with van der Waals surface area (Å²) in [5.74, 6) is 0.778. The second-order valence-corrected chi connectivity index (χ2v) is 8.85. The van der Waals surface area contributed by atoms with Gasteiger partial charge >= 0.3 is 0 Å². The first-order valence-electron chi connectivity index (χ1n) is 8.26. The molecular formula is C18H18Cl2N4OS. The largest absolute Gasteiger partial charge is 0.361 e.